The molecule has 0 fully saturated rings. The van der Waals surface area contributed by atoms with Crippen molar-refractivity contribution in [3.63, 3.8) is 0 Å². The van der Waals surface area contributed by atoms with Crippen LogP contribution in [0.25, 0.3) is 18.2 Å². The van der Waals surface area contributed by atoms with Crippen LogP contribution in [0.1, 0.15) is 63.4 Å². The SMILES string of the molecule is Cc1ccc(N(C2=CCC(C)(C=Cc3ccc(C=Cc4ccc(N(c5ccc(C)cc5)c5ccc(C)c(C)c5)cc4)cc3)C=C2)c2ccc(C)c(C)c2)cc1. The number of hydrogen-bond acceptors (Lipinski definition) is 2. The fourth-order valence-electron chi connectivity index (χ4n) is 6.97. The van der Waals surface area contributed by atoms with Crippen molar-refractivity contribution in [3.8, 4) is 0 Å². The fraction of sp³-hybridized carbons (Fsp3) is 0.170. The molecule has 2 nitrogen and oxygen atoms in total. The molecular formula is C53H52N2. The molecule has 0 aliphatic heterocycles. The van der Waals surface area contributed by atoms with Crippen LogP contribution in [-0.2, 0) is 0 Å². The maximum Gasteiger partial charge on any atom is 0.0464 e. The lowest BCUT2D eigenvalue weighted by atomic mass is 9.82. The van der Waals surface area contributed by atoms with Crippen molar-refractivity contribution >= 4 is 46.7 Å². The van der Waals surface area contributed by atoms with Gasteiger partial charge in [-0.25, -0.2) is 0 Å². The summed E-state index contributed by atoms with van der Waals surface area (Å²) in [7, 11) is 0. The summed E-state index contributed by atoms with van der Waals surface area (Å²) in [6, 6.07) is 48.6. The van der Waals surface area contributed by atoms with E-state index in [9.17, 15) is 0 Å². The van der Waals surface area contributed by atoms with Gasteiger partial charge in [-0.1, -0.05) is 127 Å². The summed E-state index contributed by atoms with van der Waals surface area (Å²) < 4.78 is 0. The third kappa shape index (κ3) is 8.82. The fourth-order valence-corrected chi connectivity index (χ4v) is 6.97. The average Bonchev–Trinajstić information content (AvgIpc) is 3.19. The molecule has 0 N–H and O–H groups in total. The van der Waals surface area contributed by atoms with Crippen molar-refractivity contribution in [1.29, 1.82) is 0 Å². The largest absolute Gasteiger partial charge is 0.311 e. The van der Waals surface area contributed by atoms with Crippen LogP contribution in [0.3, 0.4) is 0 Å². The van der Waals surface area contributed by atoms with Gasteiger partial charge in [0.2, 0.25) is 0 Å². The molecule has 1 atom stereocenters. The van der Waals surface area contributed by atoms with E-state index in [0.717, 1.165) is 23.5 Å². The molecule has 274 valence electrons. The Hall–Kier alpha value is -6.12. The van der Waals surface area contributed by atoms with E-state index in [2.05, 4.69) is 234 Å². The van der Waals surface area contributed by atoms with Gasteiger partial charge in [0.25, 0.3) is 0 Å². The molecular weight excluding hydrogens is 665 g/mol. The molecule has 55 heavy (non-hydrogen) atoms. The molecule has 0 spiro atoms. The van der Waals surface area contributed by atoms with Crippen LogP contribution in [0, 0.1) is 47.0 Å². The van der Waals surface area contributed by atoms with Crippen LogP contribution in [-0.4, -0.2) is 0 Å². The summed E-state index contributed by atoms with van der Waals surface area (Å²) in [5.74, 6) is 0. The predicted molar refractivity (Wildman–Crippen MR) is 239 cm³/mol. The third-order valence-electron chi connectivity index (χ3n) is 10.9. The molecule has 0 bridgehead atoms. The minimum absolute atomic E-state index is 0.0658. The maximum atomic E-state index is 2.38. The number of anilines is 5. The van der Waals surface area contributed by atoms with Gasteiger partial charge in [-0.05, 0) is 154 Å². The Morgan fingerprint density at radius 3 is 1.29 bits per heavy atom. The molecule has 6 aromatic carbocycles. The highest BCUT2D eigenvalue weighted by molar-refractivity contribution is 5.79. The number of allylic oxidation sites excluding steroid dienone is 4. The highest BCUT2D eigenvalue weighted by Crippen LogP contribution is 2.39. The average molecular weight is 717 g/mol. The van der Waals surface area contributed by atoms with E-state index in [-0.39, 0.29) is 5.41 Å². The van der Waals surface area contributed by atoms with Crippen molar-refractivity contribution in [2.45, 2.75) is 54.9 Å². The predicted octanol–water partition coefficient (Wildman–Crippen LogP) is 14.9. The standard InChI is InChI=1S/C53H52N2/c1-38-8-22-47(23-9-38)54(51-26-12-40(3)42(5)36-51)49-28-20-45(21-29-49)15-14-44-16-18-46(19-17-44)30-33-53(7)34-31-50(32-35-53)55(48-24-10-39(2)11-25-48)52-27-13-41(4)43(6)37-52/h8-34,36-37H,35H2,1-7H3. The van der Waals surface area contributed by atoms with E-state index < -0.39 is 0 Å². The van der Waals surface area contributed by atoms with Crippen molar-refractivity contribution in [2.24, 2.45) is 5.41 Å². The smallest absolute Gasteiger partial charge is 0.0464 e. The zero-order valence-corrected chi connectivity index (χ0v) is 33.3. The van der Waals surface area contributed by atoms with Gasteiger partial charge in [0.15, 0.2) is 0 Å². The Labute approximate surface area is 329 Å². The van der Waals surface area contributed by atoms with Gasteiger partial charge in [-0.15, -0.1) is 0 Å². The second kappa shape index (κ2) is 16.1. The first-order valence-electron chi connectivity index (χ1n) is 19.4. The summed E-state index contributed by atoms with van der Waals surface area (Å²) in [5.41, 5.74) is 18.2. The normalized spacial score (nSPS) is 15.4. The molecule has 7 rings (SSSR count). The monoisotopic (exact) mass is 716 g/mol. The topological polar surface area (TPSA) is 6.48 Å². The number of hydrogen-bond donors (Lipinski definition) is 0. The van der Waals surface area contributed by atoms with E-state index in [4.69, 9.17) is 0 Å². The van der Waals surface area contributed by atoms with Crippen molar-refractivity contribution in [1.82, 2.24) is 0 Å². The Morgan fingerprint density at radius 2 is 0.836 bits per heavy atom. The second-order valence-electron chi connectivity index (χ2n) is 15.5. The zero-order valence-electron chi connectivity index (χ0n) is 33.3. The summed E-state index contributed by atoms with van der Waals surface area (Å²) in [5, 5.41) is 0. The highest BCUT2D eigenvalue weighted by Gasteiger charge is 2.23. The van der Waals surface area contributed by atoms with Gasteiger partial charge in [0, 0.05) is 39.5 Å². The minimum atomic E-state index is -0.0658. The van der Waals surface area contributed by atoms with Gasteiger partial charge < -0.3 is 9.80 Å². The molecule has 0 saturated heterocycles. The molecule has 6 aromatic rings. The number of benzene rings is 6. The van der Waals surface area contributed by atoms with Gasteiger partial charge in [-0.3, -0.25) is 0 Å². The number of nitrogens with zero attached hydrogens (tertiary/aromatic N) is 2. The minimum Gasteiger partial charge on any atom is -0.311 e. The lowest BCUT2D eigenvalue weighted by Gasteiger charge is -2.32. The van der Waals surface area contributed by atoms with Crippen molar-refractivity contribution < 1.29 is 0 Å². The maximum absolute atomic E-state index is 2.38. The summed E-state index contributed by atoms with van der Waals surface area (Å²) in [6.07, 6.45) is 16.9. The Balaban J connectivity index is 1.02. The van der Waals surface area contributed by atoms with E-state index in [1.165, 1.54) is 67.1 Å². The molecule has 2 heteroatoms. The lowest BCUT2D eigenvalue weighted by Crippen LogP contribution is -2.20. The van der Waals surface area contributed by atoms with Gasteiger partial charge in [0.1, 0.15) is 0 Å². The summed E-state index contributed by atoms with van der Waals surface area (Å²) >= 11 is 0. The second-order valence-corrected chi connectivity index (χ2v) is 15.5. The first-order chi connectivity index (χ1) is 26.5. The van der Waals surface area contributed by atoms with E-state index in [1.54, 1.807) is 0 Å². The van der Waals surface area contributed by atoms with E-state index >= 15 is 0 Å². The van der Waals surface area contributed by atoms with Crippen LogP contribution in [0.15, 0.2) is 163 Å². The summed E-state index contributed by atoms with van der Waals surface area (Å²) in [6.45, 7) is 15.3. The molecule has 0 aromatic heterocycles. The Morgan fingerprint density at radius 1 is 0.436 bits per heavy atom. The quantitative estimate of drug-likeness (QED) is 0.130. The first kappa shape index (κ1) is 37.2. The Kier molecular flexibility index (Phi) is 10.9. The highest BCUT2D eigenvalue weighted by atomic mass is 15.1. The van der Waals surface area contributed by atoms with Gasteiger partial charge >= 0.3 is 0 Å². The lowest BCUT2D eigenvalue weighted by molar-refractivity contribution is 0.555. The number of rotatable bonds is 10. The van der Waals surface area contributed by atoms with Crippen LogP contribution in [0.4, 0.5) is 28.4 Å². The van der Waals surface area contributed by atoms with E-state index in [0.29, 0.717) is 0 Å². The molecule has 0 saturated carbocycles. The van der Waals surface area contributed by atoms with Crippen molar-refractivity contribution in [3.05, 3.63) is 214 Å². The number of aryl methyl sites for hydroxylation is 6. The van der Waals surface area contributed by atoms with Gasteiger partial charge in [0.05, 0.1) is 0 Å². The summed E-state index contributed by atoms with van der Waals surface area (Å²) in [4.78, 5) is 4.70. The zero-order chi connectivity index (χ0) is 38.5. The third-order valence-corrected chi connectivity index (χ3v) is 10.9. The molecule has 1 aliphatic rings. The Bertz CT molecular complexity index is 2390. The molecule has 1 unspecified atom stereocenters. The molecule has 0 amide bonds. The van der Waals surface area contributed by atoms with Crippen LogP contribution in [0.2, 0.25) is 0 Å². The molecule has 0 radical (unpaired) electrons. The van der Waals surface area contributed by atoms with Crippen LogP contribution < -0.4 is 9.80 Å². The van der Waals surface area contributed by atoms with Crippen molar-refractivity contribution in [2.75, 3.05) is 9.80 Å². The molecule has 0 heterocycles. The van der Waals surface area contributed by atoms with E-state index in [1.807, 2.05) is 0 Å². The molecule has 1 aliphatic carbocycles. The van der Waals surface area contributed by atoms with Crippen LogP contribution in [0.5, 0.6) is 0 Å². The van der Waals surface area contributed by atoms with Gasteiger partial charge in [-0.2, -0.15) is 0 Å². The first-order valence-corrected chi connectivity index (χ1v) is 19.4. The van der Waals surface area contributed by atoms with Crippen LogP contribution >= 0.6 is 0 Å².